The highest BCUT2D eigenvalue weighted by Gasteiger charge is 2.17. The third-order valence-electron chi connectivity index (χ3n) is 3.48. The minimum Gasteiger partial charge on any atom is -0.380 e. The van der Waals surface area contributed by atoms with Crippen LogP contribution in [0.5, 0.6) is 0 Å². The molecule has 0 saturated carbocycles. The topological polar surface area (TPSA) is 113 Å². The van der Waals surface area contributed by atoms with Crippen molar-refractivity contribution in [1.29, 1.82) is 0 Å². The summed E-state index contributed by atoms with van der Waals surface area (Å²) in [5, 5.41) is 17.1. The van der Waals surface area contributed by atoms with Gasteiger partial charge in [0.05, 0.1) is 4.90 Å². The van der Waals surface area contributed by atoms with Crippen LogP contribution in [0.2, 0.25) is 0 Å². The largest absolute Gasteiger partial charge is 0.380 e. The fraction of sp³-hybridized carbons (Fsp3) is 0.133. The van der Waals surface area contributed by atoms with Crippen LogP contribution >= 0.6 is 0 Å². The molecule has 3 rings (SSSR count). The lowest BCUT2D eigenvalue weighted by Crippen LogP contribution is -2.18. The summed E-state index contributed by atoms with van der Waals surface area (Å²) in [6.45, 7) is 0.587. The Morgan fingerprint density at radius 3 is 2.58 bits per heavy atom. The number of hydrogen-bond acceptors (Lipinski definition) is 6. The van der Waals surface area contributed by atoms with Crippen molar-refractivity contribution in [2.75, 3.05) is 12.4 Å². The van der Waals surface area contributed by atoms with E-state index in [2.05, 4.69) is 30.7 Å². The lowest BCUT2D eigenvalue weighted by atomic mass is 10.1. The van der Waals surface area contributed by atoms with Crippen molar-refractivity contribution in [3.8, 4) is 11.4 Å². The van der Waals surface area contributed by atoms with Gasteiger partial charge in [-0.05, 0) is 36.0 Å². The predicted molar refractivity (Wildman–Crippen MR) is 89.6 cm³/mol. The highest BCUT2D eigenvalue weighted by molar-refractivity contribution is 7.89. The Kier molecular flexibility index (Phi) is 4.54. The Morgan fingerprint density at radius 1 is 1.12 bits per heavy atom. The Morgan fingerprint density at radius 2 is 1.92 bits per heavy atom. The summed E-state index contributed by atoms with van der Waals surface area (Å²) in [4.78, 5) is 0.134. The summed E-state index contributed by atoms with van der Waals surface area (Å²) in [6.07, 6.45) is 0. The molecule has 0 aliphatic carbocycles. The molecular weight excluding hydrogens is 328 g/mol. The van der Waals surface area contributed by atoms with Gasteiger partial charge in [-0.25, -0.2) is 13.1 Å². The fourth-order valence-corrected chi connectivity index (χ4v) is 2.97. The van der Waals surface area contributed by atoms with Crippen LogP contribution in [0.4, 0.5) is 5.69 Å². The molecule has 3 aromatic rings. The van der Waals surface area contributed by atoms with Gasteiger partial charge >= 0.3 is 0 Å². The first kappa shape index (κ1) is 16.1. The number of nitrogens with zero attached hydrogens (tertiary/aromatic N) is 3. The standard InChI is InChI=1S/C15H16N6O2S/c1-16-24(22,23)12-7-8-14(13(9-12)15-18-20-21-19-15)17-10-11-5-3-2-4-6-11/h2-9,16-17H,10H2,1H3,(H,18,19,20,21). The number of hydrogen-bond donors (Lipinski definition) is 3. The number of aromatic nitrogens is 4. The quantitative estimate of drug-likeness (QED) is 0.623. The number of nitrogens with one attached hydrogen (secondary N) is 3. The van der Waals surface area contributed by atoms with Crippen molar-refractivity contribution in [3.63, 3.8) is 0 Å². The van der Waals surface area contributed by atoms with Crippen LogP contribution in [0, 0.1) is 0 Å². The zero-order chi connectivity index (χ0) is 17.0. The number of rotatable bonds is 6. The summed E-state index contributed by atoms with van der Waals surface area (Å²) in [6, 6.07) is 14.6. The van der Waals surface area contributed by atoms with Gasteiger partial charge in [-0.1, -0.05) is 30.3 Å². The van der Waals surface area contributed by atoms with Gasteiger partial charge in [0.15, 0.2) is 0 Å². The smallest absolute Gasteiger partial charge is 0.240 e. The predicted octanol–water partition coefficient (Wildman–Crippen LogP) is 1.39. The minimum atomic E-state index is -3.56. The van der Waals surface area contributed by atoms with Gasteiger partial charge in [0.25, 0.3) is 0 Å². The van der Waals surface area contributed by atoms with E-state index in [1.807, 2.05) is 30.3 Å². The maximum atomic E-state index is 12.0. The molecule has 0 fully saturated rings. The highest BCUT2D eigenvalue weighted by atomic mass is 32.2. The summed E-state index contributed by atoms with van der Waals surface area (Å²) in [5.74, 6) is 0.318. The van der Waals surface area contributed by atoms with Crippen LogP contribution in [0.25, 0.3) is 11.4 Å². The number of tetrazole rings is 1. The van der Waals surface area contributed by atoms with Crippen molar-refractivity contribution in [1.82, 2.24) is 25.3 Å². The maximum absolute atomic E-state index is 12.0. The van der Waals surface area contributed by atoms with Crippen LogP contribution in [-0.4, -0.2) is 36.1 Å². The van der Waals surface area contributed by atoms with E-state index in [9.17, 15) is 8.42 Å². The number of anilines is 1. The Balaban J connectivity index is 1.96. The van der Waals surface area contributed by atoms with E-state index >= 15 is 0 Å². The molecule has 24 heavy (non-hydrogen) atoms. The lowest BCUT2D eigenvalue weighted by Gasteiger charge is -2.12. The monoisotopic (exact) mass is 344 g/mol. The average molecular weight is 344 g/mol. The maximum Gasteiger partial charge on any atom is 0.240 e. The Labute approximate surface area is 139 Å². The zero-order valence-electron chi connectivity index (χ0n) is 12.9. The molecule has 0 aliphatic rings. The van der Waals surface area contributed by atoms with Crippen LogP contribution in [0.3, 0.4) is 0 Å². The summed E-state index contributed by atoms with van der Waals surface area (Å²) in [5.41, 5.74) is 2.37. The molecule has 124 valence electrons. The number of aromatic amines is 1. The molecule has 0 aliphatic heterocycles. The van der Waals surface area contributed by atoms with E-state index in [1.165, 1.54) is 19.2 Å². The second-order valence-corrected chi connectivity index (χ2v) is 6.88. The molecular formula is C15H16N6O2S. The molecule has 1 aromatic heterocycles. The Hall–Kier alpha value is -2.78. The number of benzene rings is 2. The molecule has 0 bridgehead atoms. The van der Waals surface area contributed by atoms with Crippen LogP contribution in [0.15, 0.2) is 53.4 Å². The molecule has 0 spiro atoms. The van der Waals surface area contributed by atoms with E-state index in [1.54, 1.807) is 6.07 Å². The van der Waals surface area contributed by atoms with Crippen molar-refractivity contribution in [2.24, 2.45) is 0 Å². The third-order valence-corrected chi connectivity index (χ3v) is 4.89. The fourth-order valence-electron chi connectivity index (χ4n) is 2.22. The second kappa shape index (κ2) is 6.77. The van der Waals surface area contributed by atoms with Gasteiger partial charge in [0.2, 0.25) is 15.8 Å². The summed E-state index contributed by atoms with van der Waals surface area (Å²) in [7, 11) is -2.19. The van der Waals surface area contributed by atoms with E-state index in [4.69, 9.17) is 0 Å². The van der Waals surface area contributed by atoms with Crippen LogP contribution in [-0.2, 0) is 16.6 Å². The van der Waals surface area contributed by atoms with Crippen molar-refractivity contribution in [2.45, 2.75) is 11.4 Å². The first-order chi connectivity index (χ1) is 11.6. The molecule has 9 heteroatoms. The van der Waals surface area contributed by atoms with E-state index in [0.717, 1.165) is 11.3 Å². The molecule has 0 radical (unpaired) electrons. The minimum absolute atomic E-state index is 0.134. The Bertz CT molecular complexity index is 910. The van der Waals surface area contributed by atoms with Gasteiger partial charge in [0, 0.05) is 17.8 Å². The van der Waals surface area contributed by atoms with Crippen molar-refractivity contribution in [3.05, 3.63) is 54.1 Å². The van der Waals surface area contributed by atoms with Gasteiger partial charge in [0.1, 0.15) is 0 Å². The number of H-pyrrole nitrogens is 1. The van der Waals surface area contributed by atoms with Gasteiger partial charge < -0.3 is 5.32 Å². The first-order valence-electron chi connectivity index (χ1n) is 7.19. The molecule has 1 heterocycles. The molecule has 8 nitrogen and oxygen atoms in total. The number of sulfonamides is 1. The van der Waals surface area contributed by atoms with Crippen molar-refractivity contribution < 1.29 is 8.42 Å². The second-order valence-electron chi connectivity index (χ2n) is 4.99. The molecule has 0 amide bonds. The normalized spacial score (nSPS) is 11.4. The van der Waals surface area contributed by atoms with Crippen LogP contribution in [0.1, 0.15) is 5.56 Å². The first-order valence-corrected chi connectivity index (χ1v) is 8.67. The van der Waals surface area contributed by atoms with Gasteiger partial charge in [-0.2, -0.15) is 5.21 Å². The highest BCUT2D eigenvalue weighted by Crippen LogP contribution is 2.28. The zero-order valence-corrected chi connectivity index (χ0v) is 13.7. The van der Waals surface area contributed by atoms with E-state index in [-0.39, 0.29) is 4.90 Å². The summed E-state index contributed by atoms with van der Waals surface area (Å²) >= 11 is 0. The average Bonchev–Trinajstić information content (AvgIpc) is 3.15. The SMILES string of the molecule is CNS(=O)(=O)c1ccc(NCc2ccccc2)c(-c2nn[nH]n2)c1. The molecule has 3 N–H and O–H groups in total. The van der Waals surface area contributed by atoms with Crippen LogP contribution < -0.4 is 10.0 Å². The molecule has 2 aromatic carbocycles. The van der Waals surface area contributed by atoms with E-state index in [0.29, 0.717) is 17.9 Å². The lowest BCUT2D eigenvalue weighted by molar-refractivity contribution is 0.588. The third kappa shape index (κ3) is 3.42. The summed E-state index contributed by atoms with van der Waals surface area (Å²) < 4.78 is 26.3. The molecule has 0 unspecified atom stereocenters. The molecule has 0 atom stereocenters. The van der Waals surface area contributed by atoms with Gasteiger partial charge in [-0.15, -0.1) is 10.2 Å². The van der Waals surface area contributed by atoms with Gasteiger partial charge in [-0.3, -0.25) is 0 Å². The molecule has 0 saturated heterocycles. The van der Waals surface area contributed by atoms with E-state index < -0.39 is 10.0 Å². The van der Waals surface area contributed by atoms with Crippen molar-refractivity contribution >= 4 is 15.7 Å².